The first-order valence-electron chi connectivity index (χ1n) is 11.1. The van der Waals surface area contributed by atoms with Gasteiger partial charge in [0.25, 0.3) is 0 Å². The van der Waals surface area contributed by atoms with Gasteiger partial charge in [-0.15, -0.1) is 0 Å². The normalized spacial score (nSPS) is 11.7. The molecular formula is C28H24FNO5. The average molecular weight is 474 g/mol. The molecule has 0 aliphatic carbocycles. The number of hydrogen-bond acceptors (Lipinski definition) is 5. The fraction of sp³-hybridized carbons (Fsp3) is 0.179. The standard InChI is InChI=1S/C28H24FNO5/c1-17-24(16-27(33)34-18(2)23-5-3-4-6-25(23)29)28(35-30-17)22-13-11-21(12-14-22)20-9-7-19(8-10-20)15-26(31)32/h3-14,18H,15-16H2,1-2H3,(H,31,32)/t18-/m0/s1. The number of carboxylic acid groups (broad SMARTS) is 1. The summed E-state index contributed by atoms with van der Waals surface area (Å²) in [6.07, 6.45) is -0.807. The number of rotatable bonds is 8. The molecule has 0 saturated heterocycles. The van der Waals surface area contributed by atoms with E-state index in [2.05, 4.69) is 5.16 Å². The highest BCUT2D eigenvalue weighted by Crippen LogP contribution is 2.30. The SMILES string of the molecule is Cc1noc(-c2ccc(-c3ccc(CC(=O)O)cc3)cc2)c1CC(=O)O[C@@H](C)c1ccccc1F. The maximum atomic E-state index is 14.0. The molecule has 6 nitrogen and oxygen atoms in total. The van der Waals surface area contributed by atoms with Gasteiger partial charge in [0.15, 0.2) is 5.76 Å². The van der Waals surface area contributed by atoms with E-state index in [9.17, 15) is 14.0 Å². The van der Waals surface area contributed by atoms with Gasteiger partial charge in [-0.25, -0.2) is 4.39 Å². The van der Waals surface area contributed by atoms with E-state index in [-0.39, 0.29) is 12.8 Å². The summed E-state index contributed by atoms with van der Waals surface area (Å²) in [5, 5.41) is 12.9. The van der Waals surface area contributed by atoms with Gasteiger partial charge >= 0.3 is 11.9 Å². The number of nitrogens with zero attached hydrogens (tertiary/aromatic N) is 1. The van der Waals surface area contributed by atoms with E-state index < -0.39 is 23.9 Å². The van der Waals surface area contributed by atoms with E-state index in [1.165, 1.54) is 6.07 Å². The molecule has 0 aliphatic rings. The molecule has 0 aliphatic heterocycles. The number of aryl methyl sites for hydroxylation is 1. The highest BCUT2D eigenvalue weighted by Gasteiger charge is 2.21. The molecular weight excluding hydrogens is 449 g/mol. The maximum absolute atomic E-state index is 14.0. The van der Waals surface area contributed by atoms with Crippen LogP contribution in [0.2, 0.25) is 0 Å². The maximum Gasteiger partial charge on any atom is 0.311 e. The molecule has 1 heterocycles. The minimum Gasteiger partial charge on any atom is -0.481 e. The van der Waals surface area contributed by atoms with E-state index in [1.54, 1.807) is 44.2 Å². The highest BCUT2D eigenvalue weighted by atomic mass is 19.1. The number of aliphatic carboxylic acids is 1. The Morgan fingerprint density at radius 1 is 0.943 bits per heavy atom. The molecule has 0 saturated carbocycles. The van der Waals surface area contributed by atoms with Gasteiger partial charge in [-0.3, -0.25) is 9.59 Å². The van der Waals surface area contributed by atoms with Crippen molar-refractivity contribution in [1.82, 2.24) is 5.16 Å². The van der Waals surface area contributed by atoms with Crippen molar-refractivity contribution in [2.45, 2.75) is 32.8 Å². The molecule has 178 valence electrons. The molecule has 0 spiro atoms. The van der Waals surface area contributed by atoms with Gasteiger partial charge in [0, 0.05) is 16.7 Å². The molecule has 3 aromatic carbocycles. The topological polar surface area (TPSA) is 89.6 Å². The zero-order chi connectivity index (χ0) is 24.9. The lowest BCUT2D eigenvalue weighted by Crippen LogP contribution is -2.13. The fourth-order valence-electron chi connectivity index (χ4n) is 3.88. The lowest BCUT2D eigenvalue weighted by molar-refractivity contribution is -0.147. The monoisotopic (exact) mass is 473 g/mol. The Bertz CT molecular complexity index is 1340. The van der Waals surface area contributed by atoms with E-state index in [1.807, 2.05) is 36.4 Å². The summed E-state index contributed by atoms with van der Waals surface area (Å²) in [7, 11) is 0. The average Bonchev–Trinajstić information content (AvgIpc) is 3.19. The minimum atomic E-state index is -0.870. The molecule has 0 unspecified atom stereocenters. The van der Waals surface area contributed by atoms with Crippen molar-refractivity contribution in [2.24, 2.45) is 0 Å². The van der Waals surface area contributed by atoms with Gasteiger partial charge in [0.1, 0.15) is 11.9 Å². The predicted octanol–water partition coefficient (Wildman–Crippen LogP) is 5.93. The van der Waals surface area contributed by atoms with E-state index >= 15 is 0 Å². The Hall–Kier alpha value is -4.26. The number of esters is 1. The molecule has 0 fully saturated rings. The lowest BCUT2D eigenvalue weighted by atomic mass is 9.99. The molecule has 4 aromatic rings. The molecule has 0 amide bonds. The zero-order valence-corrected chi connectivity index (χ0v) is 19.3. The molecule has 4 rings (SSSR count). The van der Waals surface area contributed by atoms with E-state index in [0.29, 0.717) is 22.6 Å². The van der Waals surface area contributed by atoms with Crippen molar-refractivity contribution in [3.8, 4) is 22.5 Å². The third kappa shape index (κ3) is 5.63. The fourth-order valence-corrected chi connectivity index (χ4v) is 3.88. The Balaban J connectivity index is 1.48. The van der Waals surface area contributed by atoms with Crippen LogP contribution in [0.3, 0.4) is 0 Å². The van der Waals surface area contributed by atoms with Crippen LogP contribution in [0.5, 0.6) is 0 Å². The summed E-state index contributed by atoms with van der Waals surface area (Å²) in [6, 6.07) is 21.1. The van der Waals surface area contributed by atoms with Crippen LogP contribution in [0.15, 0.2) is 77.3 Å². The Kier molecular flexibility index (Phi) is 7.06. The molecule has 35 heavy (non-hydrogen) atoms. The predicted molar refractivity (Wildman–Crippen MR) is 128 cm³/mol. The number of carbonyl (C=O) groups excluding carboxylic acids is 1. The summed E-state index contributed by atoms with van der Waals surface area (Å²) in [5.41, 5.74) is 4.89. The van der Waals surface area contributed by atoms with Crippen LogP contribution in [0.25, 0.3) is 22.5 Å². The molecule has 0 radical (unpaired) electrons. The minimum absolute atomic E-state index is 0.0195. The number of aromatic nitrogens is 1. The quantitative estimate of drug-likeness (QED) is 0.319. The molecule has 0 bridgehead atoms. The summed E-state index contributed by atoms with van der Waals surface area (Å²) < 4.78 is 25.0. The van der Waals surface area contributed by atoms with Crippen molar-refractivity contribution in [2.75, 3.05) is 0 Å². The van der Waals surface area contributed by atoms with Gasteiger partial charge in [-0.05, 0) is 36.6 Å². The van der Waals surface area contributed by atoms with Gasteiger partial charge in [-0.1, -0.05) is 71.9 Å². The first-order chi connectivity index (χ1) is 16.8. The van der Waals surface area contributed by atoms with Crippen molar-refractivity contribution >= 4 is 11.9 Å². The van der Waals surface area contributed by atoms with Gasteiger partial charge in [0.2, 0.25) is 0 Å². The van der Waals surface area contributed by atoms with E-state index in [0.717, 1.165) is 22.3 Å². The van der Waals surface area contributed by atoms with Crippen LogP contribution in [0.1, 0.15) is 35.4 Å². The van der Waals surface area contributed by atoms with Crippen molar-refractivity contribution in [3.05, 3.63) is 101 Å². The molecule has 1 N–H and O–H groups in total. The molecule has 1 atom stereocenters. The first-order valence-corrected chi connectivity index (χ1v) is 11.1. The Morgan fingerprint density at radius 2 is 1.54 bits per heavy atom. The number of halogens is 1. The van der Waals surface area contributed by atoms with Crippen molar-refractivity contribution in [1.29, 1.82) is 0 Å². The Morgan fingerprint density at radius 3 is 2.17 bits per heavy atom. The third-order valence-corrected chi connectivity index (χ3v) is 5.75. The summed E-state index contributed by atoms with van der Waals surface area (Å²) in [5.74, 6) is -1.33. The van der Waals surface area contributed by atoms with Crippen LogP contribution in [0.4, 0.5) is 4.39 Å². The van der Waals surface area contributed by atoms with Crippen molar-refractivity contribution in [3.63, 3.8) is 0 Å². The van der Waals surface area contributed by atoms with Crippen LogP contribution < -0.4 is 0 Å². The summed E-state index contributed by atoms with van der Waals surface area (Å²) in [6.45, 7) is 3.38. The van der Waals surface area contributed by atoms with E-state index in [4.69, 9.17) is 14.4 Å². The third-order valence-electron chi connectivity index (χ3n) is 5.75. The van der Waals surface area contributed by atoms with Crippen LogP contribution >= 0.6 is 0 Å². The number of benzene rings is 3. The lowest BCUT2D eigenvalue weighted by Gasteiger charge is -2.14. The van der Waals surface area contributed by atoms with Gasteiger partial charge in [-0.2, -0.15) is 0 Å². The molecule has 1 aromatic heterocycles. The number of carboxylic acids is 1. The smallest absolute Gasteiger partial charge is 0.311 e. The second kappa shape index (κ2) is 10.3. The number of ether oxygens (including phenoxy) is 1. The largest absolute Gasteiger partial charge is 0.481 e. The van der Waals surface area contributed by atoms with Crippen LogP contribution in [-0.2, 0) is 27.2 Å². The van der Waals surface area contributed by atoms with Gasteiger partial charge < -0.3 is 14.4 Å². The zero-order valence-electron chi connectivity index (χ0n) is 19.3. The highest BCUT2D eigenvalue weighted by molar-refractivity contribution is 5.78. The molecule has 7 heteroatoms. The van der Waals surface area contributed by atoms with Crippen LogP contribution in [0, 0.1) is 12.7 Å². The number of carbonyl (C=O) groups is 2. The Labute approximate surface area is 202 Å². The van der Waals surface area contributed by atoms with Crippen LogP contribution in [-0.4, -0.2) is 22.2 Å². The second-order valence-electron chi connectivity index (χ2n) is 8.25. The second-order valence-corrected chi connectivity index (χ2v) is 8.25. The number of hydrogen-bond donors (Lipinski definition) is 1. The van der Waals surface area contributed by atoms with Gasteiger partial charge in [0.05, 0.1) is 18.5 Å². The first kappa shape index (κ1) is 23.9. The summed E-state index contributed by atoms with van der Waals surface area (Å²) >= 11 is 0. The van der Waals surface area contributed by atoms with Crippen molar-refractivity contribution < 1.29 is 28.3 Å². The summed E-state index contributed by atoms with van der Waals surface area (Å²) in [4.78, 5) is 23.5.